The Bertz CT molecular complexity index is 734. The van der Waals surface area contributed by atoms with Gasteiger partial charge in [0.05, 0.1) is 12.2 Å². The van der Waals surface area contributed by atoms with Crippen molar-refractivity contribution in [1.29, 1.82) is 0 Å². The van der Waals surface area contributed by atoms with Crippen molar-refractivity contribution >= 4 is 61.9 Å². The molecule has 0 radical (unpaired) electrons. The molecule has 0 saturated heterocycles. The molecule has 0 bridgehead atoms. The lowest BCUT2D eigenvalue weighted by atomic mass is 10.3. The lowest BCUT2D eigenvalue weighted by Crippen LogP contribution is -2.38. The second-order valence-corrected chi connectivity index (χ2v) is 7.18. The Morgan fingerprint density at radius 1 is 1.17 bits per heavy atom. The van der Waals surface area contributed by atoms with Gasteiger partial charge in [0, 0.05) is 20.9 Å². The van der Waals surface area contributed by atoms with Crippen LogP contribution in [0.15, 0.2) is 58.0 Å². The van der Waals surface area contributed by atoms with Gasteiger partial charge in [0.1, 0.15) is 0 Å². The van der Waals surface area contributed by atoms with Gasteiger partial charge < -0.3 is 5.32 Å². The van der Waals surface area contributed by atoms with E-state index in [1.54, 1.807) is 28.8 Å². The Kier molecular flexibility index (Phi) is 5.25. The van der Waals surface area contributed by atoms with Crippen molar-refractivity contribution < 1.29 is 4.79 Å². The first-order valence-electron chi connectivity index (χ1n) is 6.93. The number of benzene rings is 2. The van der Waals surface area contributed by atoms with Crippen molar-refractivity contribution in [2.24, 2.45) is 4.99 Å². The number of aliphatic imine (C=N–C) groups is 1. The summed E-state index contributed by atoms with van der Waals surface area (Å²) in [6.45, 7) is 0.718. The second-order valence-electron chi connectivity index (χ2n) is 4.76. The summed E-state index contributed by atoms with van der Waals surface area (Å²) in [5.41, 5.74) is 1.46. The normalized spacial score (nSPS) is 13.6. The van der Waals surface area contributed by atoms with Crippen molar-refractivity contribution in [3.63, 3.8) is 0 Å². The maximum absolute atomic E-state index is 12.7. The monoisotopic (exact) mass is 409 g/mol. The number of urea groups is 1. The molecule has 23 heavy (non-hydrogen) atoms. The third-order valence-corrected chi connectivity index (χ3v) is 4.88. The van der Waals surface area contributed by atoms with Gasteiger partial charge in [0.2, 0.25) is 0 Å². The van der Waals surface area contributed by atoms with Crippen LogP contribution in [-0.4, -0.2) is 23.5 Å². The lowest BCUT2D eigenvalue weighted by molar-refractivity contribution is 0.259. The van der Waals surface area contributed by atoms with E-state index in [4.69, 9.17) is 11.6 Å². The minimum atomic E-state index is -0.247. The van der Waals surface area contributed by atoms with Crippen LogP contribution >= 0.6 is 39.3 Å². The molecule has 4 nitrogen and oxygen atoms in total. The quantitative estimate of drug-likeness (QED) is 0.735. The zero-order chi connectivity index (χ0) is 16.2. The zero-order valence-electron chi connectivity index (χ0n) is 12.0. The fourth-order valence-electron chi connectivity index (χ4n) is 2.08. The number of rotatable bonds is 2. The summed E-state index contributed by atoms with van der Waals surface area (Å²) in [7, 11) is 0. The van der Waals surface area contributed by atoms with Gasteiger partial charge >= 0.3 is 6.03 Å². The first-order valence-corrected chi connectivity index (χ1v) is 9.08. The van der Waals surface area contributed by atoms with E-state index in [1.807, 2.05) is 36.4 Å². The number of halogens is 2. The molecule has 0 aromatic heterocycles. The number of amides is 2. The molecular formula is C16H13BrClN3OS. The summed E-state index contributed by atoms with van der Waals surface area (Å²) < 4.78 is 0.959. The molecule has 3 rings (SSSR count). The van der Waals surface area contributed by atoms with E-state index in [0.29, 0.717) is 10.2 Å². The van der Waals surface area contributed by atoms with Gasteiger partial charge in [0.15, 0.2) is 5.17 Å². The third kappa shape index (κ3) is 4.07. The molecule has 7 heteroatoms. The van der Waals surface area contributed by atoms with Crippen LogP contribution in [0.3, 0.4) is 0 Å². The molecule has 0 spiro atoms. The van der Waals surface area contributed by atoms with Crippen LogP contribution in [0.25, 0.3) is 0 Å². The smallest absolute Gasteiger partial charge is 0.307 e. The van der Waals surface area contributed by atoms with Crippen molar-refractivity contribution in [3.8, 4) is 0 Å². The van der Waals surface area contributed by atoms with E-state index in [0.717, 1.165) is 28.1 Å². The van der Waals surface area contributed by atoms with Gasteiger partial charge in [-0.2, -0.15) is 0 Å². The molecule has 0 fully saturated rings. The minimum absolute atomic E-state index is 0.247. The topological polar surface area (TPSA) is 44.7 Å². The average Bonchev–Trinajstić information content (AvgIpc) is 3.06. The molecule has 118 valence electrons. The summed E-state index contributed by atoms with van der Waals surface area (Å²) in [6, 6.07) is 14.3. The molecule has 1 heterocycles. The van der Waals surface area contributed by atoms with E-state index < -0.39 is 0 Å². The Hall–Kier alpha value is -1.50. The van der Waals surface area contributed by atoms with Crippen molar-refractivity contribution in [1.82, 2.24) is 0 Å². The Morgan fingerprint density at radius 2 is 1.87 bits per heavy atom. The van der Waals surface area contributed by atoms with Crippen LogP contribution in [0.2, 0.25) is 5.02 Å². The van der Waals surface area contributed by atoms with Gasteiger partial charge in [-0.05, 0) is 48.5 Å². The van der Waals surface area contributed by atoms with E-state index in [-0.39, 0.29) is 6.03 Å². The highest BCUT2D eigenvalue weighted by molar-refractivity contribution is 9.10. The maximum Gasteiger partial charge on any atom is 0.332 e. The van der Waals surface area contributed by atoms with E-state index in [9.17, 15) is 4.79 Å². The van der Waals surface area contributed by atoms with Crippen LogP contribution in [-0.2, 0) is 0 Å². The van der Waals surface area contributed by atoms with E-state index in [1.165, 1.54) is 0 Å². The predicted molar refractivity (Wildman–Crippen MR) is 102 cm³/mol. The molecule has 2 amide bonds. The van der Waals surface area contributed by atoms with Crippen molar-refractivity contribution in [2.75, 3.05) is 22.5 Å². The highest BCUT2D eigenvalue weighted by atomic mass is 79.9. The van der Waals surface area contributed by atoms with Crippen LogP contribution in [0, 0.1) is 0 Å². The molecule has 0 unspecified atom stereocenters. The van der Waals surface area contributed by atoms with Crippen LogP contribution in [0.5, 0.6) is 0 Å². The molecule has 1 N–H and O–H groups in total. The number of nitrogens with one attached hydrogen (secondary N) is 1. The molecule has 0 atom stereocenters. The summed E-state index contributed by atoms with van der Waals surface area (Å²) >= 11 is 10.9. The summed E-state index contributed by atoms with van der Waals surface area (Å²) in [4.78, 5) is 18.7. The van der Waals surface area contributed by atoms with Crippen LogP contribution < -0.4 is 10.2 Å². The van der Waals surface area contributed by atoms with E-state index >= 15 is 0 Å². The molecule has 2 aromatic rings. The molecule has 1 aliphatic rings. The fourth-order valence-corrected chi connectivity index (χ4v) is 3.33. The second kappa shape index (κ2) is 7.38. The van der Waals surface area contributed by atoms with Gasteiger partial charge in [-0.15, -0.1) is 0 Å². The third-order valence-electron chi connectivity index (χ3n) is 3.14. The molecular weight excluding hydrogens is 398 g/mol. The average molecular weight is 411 g/mol. The number of thioether (sulfide) groups is 1. The summed E-state index contributed by atoms with van der Waals surface area (Å²) in [6.07, 6.45) is 0. The molecule has 1 aliphatic heterocycles. The van der Waals surface area contributed by atoms with Gasteiger partial charge in [0.25, 0.3) is 0 Å². The SMILES string of the molecule is O=C(Nc1ccc(Br)cc1)N(C1=NCCS1)c1ccc(Cl)cc1. The fraction of sp³-hybridized carbons (Fsp3) is 0.125. The Balaban J connectivity index is 1.86. The summed E-state index contributed by atoms with van der Waals surface area (Å²) in [5.74, 6) is 0.880. The first kappa shape index (κ1) is 16.4. The number of anilines is 2. The predicted octanol–water partition coefficient (Wildman–Crippen LogP) is 5.24. The van der Waals surface area contributed by atoms with Crippen molar-refractivity contribution in [3.05, 3.63) is 58.0 Å². The molecule has 0 aliphatic carbocycles. The minimum Gasteiger partial charge on any atom is -0.307 e. The van der Waals surface area contributed by atoms with Crippen LogP contribution in [0.1, 0.15) is 0 Å². The molecule has 2 aromatic carbocycles. The number of nitrogens with zero attached hydrogens (tertiary/aromatic N) is 2. The number of hydrogen-bond donors (Lipinski definition) is 1. The zero-order valence-corrected chi connectivity index (χ0v) is 15.2. The standard InChI is InChI=1S/C16H13BrClN3OS/c17-11-1-5-13(6-2-11)20-15(22)21(16-19-9-10-23-16)14-7-3-12(18)4-8-14/h1-8H,9-10H2,(H,20,22). The number of amidine groups is 1. The van der Waals surface area contributed by atoms with E-state index in [2.05, 4.69) is 26.2 Å². The highest BCUT2D eigenvalue weighted by Gasteiger charge is 2.24. The number of carbonyl (C=O) groups is 1. The lowest BCUT2D eigenvalue weighted by Gasteiger charge is -2.22. The largest absolute Gasteiger partial charge is 0.332 e. The highest BCUT2D eigenvalue weighted by Crippen LogP contribution is 2.25. The van der Waals surface area contributed by atoms with Crippen molar-refractivity contribution in [2.45, 2.75) is 0 Å². The summed E-state index contributed by atoms with van der Waals surface area (Å²) in [5, 5.41) is 4.22. The van der Waals surface area contributed by atoms with Gasteiger partial charge in [-0.25, -0.2) is 9.69 Å². The van der Waals surface area contributed by atoms with Gasteiger partial charge in [-0.3, -0.25) is 4.99 Å². The Morgan fingerprint density at radius 3 is 2.48 bits per heavy atom. The van der Waals surface area contributed by atoms with Gasteiger partial charge in [-0.1, -0.05) is 39.3 Å². The number of hydrogen-bond acceptors (Lipinski definition) is 3. The first-order chi connectivity index (χ1) is 11.1. The van der Waals surface area contributed by atoms with Crippen LogP contribution in [0.4, 0.5) is 16.2 Å². The Labute approximate surface area is 152 Å². The molecule has 0 saturated carbocycles. The number of carbonyl (C=O) groups excluding carboxylic acids is 1. The maximum atomic E-state index is 12.7.